The number of fused-ring (bicyclic) bond motifs is 2. The monoisotopic (exact) mass is 1060 g/mol. The fraction of sp³-hybridized carbons (Fsp3) is 0.627. The molecule has 15 atom stereocenters. The third-order valence-electron chi connectivity index (χ3n) is 16.0. The number of aliphatic hydroxyl groups excluding tert-OH is 3. The van der Waals surface area contributed by atoms with Gasteiger partial charge in [0.25, 0.3) is 5.91 Å². The highest BCUT2D eigenvalue weighted by molar-refractivity contribution is 5.93. The van der Waals surface area contributed by atoms with Crippen molar-refractivity contribution in [2.24, 2.45) is 41.4 Å². The fourth-order valence-electron chi connectivity index (χ4n) is 10.7. The van der Waals surface area contributed by atoms with E-state index in [0.717, 1.165) is 24.0 Å². The number of esters is 1. The van der Waals surface area contributed by atoms with Crippen molar-refractivity contribution in [3.8, 4) is 5.75 Å². The molecule has 420 valence electrons. The van der Waals surface area contributed by atoms with Gasteiger partial charge in [-0.1, -0.05) is 109 Å². The molecular formula is C59H87N5O12. The number of carbonyl (C=O) groups is 6. The van der Waals surface area contributed by atoms with Crippen molar-refractivity contribution in [2.45, 2.75) is 188 Å². The number of phenolic OH excluding ortho intramolecular Hbond substituents is 1. The van der Waals surface area contributed by atoms with E-state index >= 15 is 0 Å². The highest BCUT2D eigenvalue weighted by atomic mass is 16.5. The Kier molecular flexibility index (Phi) is 22.8. The molecule has 4 aliphatic heterocycles. The van der Waals surface area contributed by atoms with Gasteiger partial charge in [0.2, 0.25) is 17.7 Å². The van der Waals surface area contributed by atoms with E-state index < -0.39 is 89.7 Å². The fourth-order valence-corrected chi connectivity index (χ4v) is 10.7. The normalized spacial score (nSPS) is 33.5. The molecule has 1 spiro atoms. The van der Waals surface area contributed by atoms with E-state index in [1.165, 1.54) is 36.2 Å². The van der Waals surface area contributed by atoms with Crippen molar-refractivity contribution < 1.29 is 58.7 Å². The number of phenols is 1. The van der Waals surface area contributed by atoms with Crippen LogP contribution in [0.15, 0.2) is 84.0 Å². The van der Waals surface area contributed by atoms with Gasteiger partial charge in [-0.05, 0) is 106 Å². The largest absolute Gasteiger partial charge is 0.508 e. The number of hydrazine groups is 1. The van der Waals surface area contributed by atoms with Crippen LogP contribution in [0.3, 0.4) is 0 Å². The average Bonchev–Trinajstić information content (AvgIpc) is 3.37. The molecule has 0 aromatic heterocycles. The third kappa shape index (κ3) is 16.1. The van der Waals surface area contributed by atoms with Gasteiger partial charge in [0.1, 0.15) is 35.8 Å². The summed E-state index contributed by atoms with van der Waals surface area (Å²) >= 11 is 0. The second-order valence-corrected chi connectivity index (χ2v) is 22.3. The zero-order valence-corrected chi connectivity index (χ0v) is 46.4. The van der Waals surface area contributed by atoms with Crippen LogP contribution in [-0.2, 0) is 38.2 Å². The second-order valence-electron chi connectivity index (χ2n) is 22.3. The first-order valence-corrected chi connectivity index (χ1v) is 27.5. The van der Waals surface area contributed by atoms with Crippen molar-refractivity contribution in [3.63, 3.8) is 0 Å². The van der Waals surface area contributed by atoms with Crippen molar-refractivity contribution in [1.82, 2.24) is 26.4 Å². The van der Waals surface area contributed by atoms with Gasteiger partial charge >= 0.3 is 5.97 Å². The van der Waals surface area contributed by atoms with Crippen LogP contribution in [0.25, 0.3) is 0 Å². The third-order valence-corrected chi connectivity index (χ3v) is 16.0. The van der Waals surface area contributed by atoms with Crippen LogP contribution in [0.2, 0.25) is 0 Å². The Morgan fingerprint density at radius 2 is 1.74 bits per heavy atom. The predicted octanol–water partition coefficient (Wildman–Crippen LogP) is 6.49. The summed E-state index contributed by atoms with van der Waals surface area (Å²) in [6.07, 6.45) is 14.3. The molecule has 17 nitrogen and oxygen atoms in total. The number of aliphatic hydroxyl groups is 3. The number of hydrogen-bond acceptors (Lipinski definition) is 13. The van der Waals surface area contributed by atoms with Gasteiger partial charge < -0.3 is 50.6 Å². The summed E-state index contributed by atoms with van der Waals surface area (Å²) in [7, 11) is 0. The number of aromatic hydroxyl groups is 1. The highest BCUT2D eigenvalue weighted by Crippen LogP contribution is 2.43. The Morgan fingerprint density at radius 1 is 1.00 bits per heavy atom. The molecule has 4 aliphatic rings. The number of Topliss-reactive ketones (excluding diaryl/α,β-unsaturated/α-hetero) is 1. The van der Waals surface area contributed by atoms with Crippen molar-refractivity contribution in [3.05, 3.63) is 89.6 Å². The van der Waals surface area contributed by atoms with Crippen molar-refractivity contribution >= 4 is 35.4 Å². The molecule has 0 radical (unpaired) electrons. The molecule has 1 aromatic carbocycles. The lowest BCUT2D eigenvalue weighted by Crippen LogP contribution is -2.64. The first-order chi connectivity index (χ1) is 36.0. The standard InChI is InChI=1S/C59H87N5O12/c1-11-42-31-39(8)59(62-54(42)70)38(7)30-37(6)50(76-59)33-48(68)35(4)20-14-12-15-21-36(5)49-26-17-13-16-25-47(67)41(10)53(69)45(28-27-40(9)65)55(71)60-51(34(2)3)56(72)61-52(43-22-18-23-44(66)32-43)57(73)64-29-19-24-46(63-64)58(74)75-49/h12-13,15-18,21-23,25,30,32,34-35,37,39,41-42,45-53,63,66-69H,11,14,19-20,24,26-29,31,33H2,1-10H3,(H,60,71)(H,61,72)(H,62,70)/b15-12+,17-13+,25-16+,36-21+/t35-,37+,39-,41-,42-,45+,46?,47-,48-,49-,50-,51-,52?,53+,59-/m0/s1. The van der Waals surface area contributed by atoms with Gasteiger partial charge in [-0.25, -0.2) is 5.43 Å². The summed E-state index contributed by atoms with van der Waals surface area (Å²) in [5.74, 6) is -5.61. The first-order valence-electron chi connectivity index (χ1n) is 27.5. The van der Waals surface area contributed by atoms with Gasteiger partial charge in [-0.15, -0.1) is 0 Å². The number of carbonyl (C=O) groups excluding carboxylic acids is 6. The maximum atomic E-state index is 14.5. The summed E-state index contributed by atoms with van der Waals surface area (Å²) < 4.78 is 12.9. The summed E-state index contributed by atoms with van der Waals surface area (Å²) in [5, 5.41) is 54.7. The molecule has 4 heterocycles. The maximum absolute atomic E-state index is 14.5. The Balaban J connectivity index is 1.35. The topological polar surface area (TPSA) is 253 Å². The molecule has 8 N–H and O–H groups in total. The molecular weight excluding hydrogens is 971 g/mol. The summed E-state index contributed by atoms with van der Waals surface area (Å²) in [5.41, 5.74) is 4.11. The van der Waals surface area contributed by atoms with Gasteiger partial charge in [0.05, 0.1) is 30.3 Å². The van der Waals surface area contributed by atoms with E-state index in [4.69, 9.17) is 9.47 Å². The van der Waals surface area contributed by atoms with Crippen molar-refractivity contribution in [1.29, 1.82) is 0 Å². The summed E-state index contributed by atoms with van der Waals surface area (Å²) in [6, 6.07) is 2.31. The van der Waals surface area contributed by atoms with Crippen LogP contribution in [0.5, 0.6) is 5.75 Å². The lowest BCUT2D eigenvalue weighted by atomic mass is 9.75. The number of ketones is 1. The Labute approximate surface area is 450 Å². The minimum Gasteiger partial charge on any atom is -0.508 e. The molecule has 0 aliphatic carbocycles. The molecule has 2 bridgehead atoms. The van der Waals surface area contributed by atoms with Gasteiger partial charge in [0.15, 0.2) is 5.72 Å². The highest BCUT2D eigenvalue weighted by Gasteiger charge is 2.51. The summed E-state index contributed by atoms with van der Waals surface area (Å²) in [6.45, 7) is 18.6. The molecule has 2 fully saturated rings. The number of nitrogens with zero attached hydrogens (tertiary/aromatic N) is 1. The number of amides is 4. The van der Waals surface area contributed by atoms with Crippen LogP contribution in [0, 0.1) is 41.4 Å². The molecule has 4 amide bonds. The van der Waals surface area contributed by atoms with Crippen LogP contribution in [-0.4, -0.2) is 116 Å². The van der Waals surface area contributed by atoms with E-state index in [2.05, 4.69) is 41.3 Å². The van der Waals surface area contributed by atoms with E-state index in [-0.39, 0.29) is 78.6 Å². The Bertz CT molecular complexity index is 2350. The number of piperidine rings is 1. The van der Waals surface area contributed by atoms with Crippen LogP contribution >= 0.6 is 0 Å². The molecule has 5 rings (SSSR count). The summed E-state index contributed by atoms with van der Waals surface area (Å²) in [4.78, 5) is 82.0. The van der Waals surface area contributed by atoms with E-state index in [1.54, 1.807) is 45.1 Å². The predicted molar refractivity (Wildman–Crippen MR) is 289 cm³/mol. The lowest BCUT2D eigenvalue weighted by Gasteiger charge is -2.51. The molecule has 17 heteroatoms. The average molecular weight is 1060 g/mol. The van der Waals surface area contributed by atoms with Gasteiger partial charge in [-0.2, -0.15) is 0 Å². The van der Waals surface area contributed by atoms with Crippen LogP contribution in [0.1, 0.15) is 145 Å². The van der Waals surface area contributed by atoms with E-state index in [1.807, 2.05) is 45.9 Å². The zero-order chi connectivity index (χ0) is 56.0. The molecule has 0 saturated carbocycles. The molecule has 76 heavy (non-hydrogen) atoms. The zero-order valence-electron chi connectivity index (χ0n) is 46.4. The minimum absolute atomic E-state index is 0.00739. The molecule has 2 saturated heterocycles. The number of nitrogens with one attached hydrogen (secondary N) is 4. The smallest absolute Gasteiger partial charge is 0.325 e. The SMILES string of the molecule is CC[C@H]1C[C@H](C)[C@@]2(NC1=O)O[C@@H](C[C@H](O)[C@@H](C)CC/C=C/C=C(\C)[C@@H]1C/C=C/C=C/[C@H](O)[C@H](C)[C@@H](O)[C@@H](CCC(C)=O)C(=O)N[C@@H](C(C)C)C(=O)NC(c3cccc(O)c3)C(=O)N3CCCC(N3)C(=O)O1)[C@H](C)C=C2C. The quantitative estimate of drug-likeness (QED) is 0.0565. The number of rotatable bonds is 14. The number of allylic oxidation sites excluding steroid dienone is 5. The van der Waals surface area contributed by atoms with E-state index in [9.17, 15) is 49.2 Å². The lowest BCUT2D eigenvalue weighted by molar-refractivity contribution is -0.179. The van der Waals surface area contributed by atoms with Crippen LogP contribution < -0.4 is 21.4 Å². The van der Waals surface area contributed by atoms with Gasteiger partial charge in [0, 0.05) is 49.5 Å². The number of cyclic esters (lactones) is 1. The second kappa shape index (κ2) is 28.2. The van der Waals surface area contributed by atoms with E-state index in [0.29, 0.717) is 32.1 Å². The Hall–Kier alpha value is -5.46. The van der Waals surface area contributed by atoms with Crippen LogP contribution in [0.4, 0.5) is 0 Å². The first kappa shape index (κ1) is 61.4. The molecule has 2 unspecified atom stereocenters. The minimum atomic E-state index is -1.44. The molecule has 1 aromatic rings. The number of ether oxygens (including phenoxy) is 2. The van der Waals surface area contributed by atoms with Crippen molar-refractivity contribution in [2.75, 3.05) is 6.54 Å². The number of hydrogen-bond donors (Lipinski definition) is 8. The Morgan fingerprint density at radius 3 is 2.42 bits per heavy atom. The number of benzene rings is 1. The maximum Gasteiger partial charge on any atom is 0.325 e. The van der Waals surface area contributed by atoms with Gasteiger partial charge in [-0.3, -0.25) is 29.0 Å².